The molecule has 1 aliphatic rings. The highest BCUT2D eigenvalue weighted by Gasteiger charge is 2.28. The molecule has 1 aromatic heterocycles. The van der Waals surface area contributed by atoms with Crippen LogP contribution in [0.15, 0.2) is 12.1 Å². The van der Waals surface area contributed by atoms with Crippen molar-refractivity contribution in [1.29, 1.82) is 0 Å². The quantitative estimate of drug-likeness (QED) is 0.605. The number of hydrogen-bond donors (Lipinski definition) is 2. The number of rotatable bonds is 4. The molecule has 1 aromatic rings. The molecular weight excluding hydrogens is 220 g/mol. The second kappa shape index (κ2) is 4.37. The zero-order valence-electron chi connectivity index (χ0n) is 9.09. The number of nitrogens with zero attached hydrogens (tertiary/aromatic N) is 1. The second-order valence-electron chi connectivity index (χ2n) is 4.00. The number of nitrogens with two attached hydrogens (primary N) is 1. The molecule has 3 N–H and O–H groups in total. The summed E-state index contributed by atoms with van der Waals surface area (Å²) in [5, 5.41) is 8.53. The Labute approximate surface area is 98.0 Å². The summed E-state index contributed by atoms with van der Waals surface area (Å²) in [7, 11) is 0. The summed E-state index contributed by atoms with van der Waals surface area (Å²) in [6.45, 7) is 0. The number of pyridine rings is 1. The van der Waals surface area contributed by atoms with Crippen molar-refractivity contribution in [3.8, 4) is 0 Å². The van der Waals surface area contributed by atoms with Gasteiger partial charge in [0.25, 0.3) is 0 Å². The number of aldehydes is 1. The molecule has 0 radical (unpaired) electrons. The van der Waals surface area contributed by atoms with Crippen LogP contribution in [0.2, 0.25) is 0 Å². The van der Waals surface area contributed by atoms with E-state index >= 15 is 0 Å². The van der Waals surface area contributed by atoms with Crippen molar-refractivity contribution in [2.24, 2.45) is 0 Å². The first-order chi connectivity index (χ1) is 8.11. The van der Waals surface area contributed by atoms with Crippen molar-refractivity contribution in [2.45, 2.75) is 18.8 Å². The van der Waals surface area contributed by atoms with Crippen molar-refractivity contribution in [2.75, 3.05) is 5.73 Å². The minimum Gasteiger partial charge on any atom is -0.478 e. The number of aromatic nitrogens is 1. The molecule has 88 valence electrons. The summed E-state index contributed by atoms with van der Waals surface area (Å²) in [5.74, 6) is -0.756. The maximum absolute atomic E-state index is 10.9. The minimum absolute atomic E-state index is 0.288. The molecule has 1 saturated carbocycles. The predicted octanol–water partition coefficient (Wildman–Crippen LogP) is 1.45. The lowest BCUT2D eigenvalue weighted by Gasteiger charge is -2.07. The van der Waals surface area contributed by atoms with Crippen LogP contribution in [0.3, 0.4) is 0 Å². The van der Waals surface area contributed by atoms with E-state index in [2.05, 4.69) is 4.98 Å². The number of anilines is 1. The molecule has 1 aliphatic carbocycles. The van der Waals surface area contributed by atoms with Crippen LogP contribution in [0, 0.1) is 0 Å². The van der Waals surface area contributed by atoms with Crippen LogP contribution in [0.5, 0.6) is 0 Å². The Morgan fingerprint density at radius 2 is 2.24 bits per heavy atom. The van der Waals surface area contributed by atoms with Gasteiger partial charge < -0.3 is 10.8 Å². The number of carboxylic acid groups (broad SMARTS) is 1. The van der Waals surface area contributed by atoms with E-state index in [1.54, 1.807) is 0 Å². The third-order valence-electron chi connectivity index (χ3n) is 2.62. The number of carbonyl (C=O) groups excluding carboxylic acids is 1. The fraction of sp³-hybridized carbons (Fsp3) is 0.250. The van der Waals surface area contributed by atoms with Crippen molar-refractivity contribution < 1.29 is 14.7 Å². The van der Waals surface area contributed by atoms with Crippen LogP contribution in [0.1, 0.15) is 40.5 Å². The standard InChI is InChI=1S/C12H12N2O3/c13-10-5-8(3-4-11(16)17)14-12(7-1-2-7)9(10)6-15/h3-7H,1-2H2,(H2,13,14)(H,16,17)/b4-3+. The van der Waals surface area contributed by atoms with Gasteiger partial charge in [0.2, 0.25) is 0 Å². The molecule has 0 bridgehead atoms. The third-order valence-corrected chi connectivity index (χ3v) is 2.62. The van der Waals surface area contributed by atoms with E-state index in [4.69, 9.17) is 10.8 Å². The molecule has 0 amide bonds. The highest BCUT2D eigenvalue weighted by molar-refractivity contribution is 5.88. The molecule has 0 aliphatic heterocycles. The first-order valence-corrected chi connectivity index (χ1v) is 5.28. The molecular formula is C12H12N2O3. The van der Waals surface area contributed by atoms with Gasteiger partial charge in [0, 0.05) is 17.7 Å². The molecule has 5 nitrogen and oxygen atoms in total. The number of aliphatic carboxylic acids is 1. The van der Waals surface area contributed by atoms with Gasteiger partial charge in [0.1, 0.15) is 0 Å². The maximum Gasteiger partial charge on any atom is 0.328 e. The maximum atomic E-state index is 10.9. The van der Waals surface area contributed by atoms with Crippen molar-refractivity contribution in [1.82, 2.24) is 4.98 Å². The molecule has 17 heavy (non-hydrogen) atoms. The minimum atomic E-state index is -1.04. The zero-order valence-corrected chi connectivity index (χ0v) is 9.09. The number of nitrogen functional groups attached to an aromatic ring is 1. The highest BCUT2D eigenvalue weighted by atomic mass is 16.4. The first-order valence-electron chi connectivity index (χ1n) is 5.28. The van der Waals surface area contributed by atoms with Crippen LogP contribution < -0.4 is 5.73 Å². The van der Waals surface area contributed by atoms with Gasteiger partial charge in [-0.15, -0.1) is 0 Å². The van der Waals surface area contributed by atoms with Crippen LogP contribution in [0.25, 0.3) is 6.08 Å². The molecule has 0 saturated heterocycles. The Morgan fingerprint density at radius 3 is 2.76 bits per heavy atom. The average Bonchev–Trinajstić information content (AvgIpc) is 3.09. The number of carbonyl (C=O) groups is 2. The van der Waals surface area contributed by atoms with E-state index in [0.29, 0.717) is 28.9 Å². The predicted molar refractivity (Wildman–Crippen MR) is 62.7 cm³/mol. The monoisotopic (exact) mass is 232 g/mol. The van der Waals surface area contributed by atoms with Gasteiger partial charge in [0.15, 0.2) is 6.29 Å². The Balaban J connectivity index is 2.42. The van der Waals surface area contributed by atoms with Gasteiger partial charge >= 0.3 is 5.97 Å². The molecule has 5 heteroatoms. The van der Waals surface area contributed by atoms with Gasteiger partial charge in [-0.25, -0.2) is 4.79 Å². The van der Waals surface area contributed by atoms with Gasteiger partial charge in [-0.3, -0.25) is 9.78 Å². The molecule has 2 rings (SSSR count). The lowest BCUT2D eigenvalue weighted by atomic mass is 10.1. The van der Waals surface area contributed by atoms with Crippen LogP contribution in [0.4, 0.5) is 5.69 Å². The van der Waals surface area contributed by atoms with E-state index in [9.17, 15) is 9.59 Å². The summed E-state index contributed by atoms with van der Waals surface area (Å²) < 4.78 is 0. The Bertz CT molecular complexity index is 505. The Morgan fingerprint density at radius 1 is 1.53 bits per heavy atom. The topological polar surface area (TPSA) is 93.3 Å². The second-order valence-corrected chi connectivity index (χ2v) is 4.00. The number of hydrogen-bond acceptors (Lipinski definition) is 4. The fourth-order valence-corrected chi connectivity index (χ4v) is 1.65. The Hall–Kier alpha value is -2.17. The largest absolute Gasteiger partial charge is 0.478 e. The first kappa shape index (κ1) is 11.3. The van der Waals surface area contributed by atoms with Gasteiger partial charge in [-0.05, 0) is 25.0 Å². The van der Waals surface area contributed by atoms with Gasteiger partial charge in [-0.1, -0.05) is 0 Å². The van der Waals surface area contributed by atoms with Crippen LogP contribution >= 0.6 is 0 Å². The SMILES string of the molecule is Nc1cc(/C=C/C(=O)O)nc(C2CC2)c1C=O. The normalized spacial score (nSPS) is 15.1. The molecule has 1 heterocycles. The summed E-state index contributed by atoms with van der Waals surface area (Å²) in [5.41, 5.74) is 7.69. The molecule has 1 fully saturated rings. The summed E-state index contributed by atoms with van der Waals surface area (Å²) >= 11 is 0. The molecule has 0 spiro atoms. The highest BCUT2D eigenvalue weighted by Crippen LogP contribution is 2.41. The van der Waals surface area contributed by atoms with E-state index in [1.807, 2.05) is 0 Å². The van der Waals surface area contributed by atoms with Crippen LogP contribution in [-0.4, -0.2) is 22.3 Å². The van der Waals surface area contributed by atoms with E-state index < -0.39 is 5.97 Å². The van der Waals surface area contributed by atoms with Crippen LogP contribution in [-0.2, 0) is 4.79 Å². The zero-order chi connectivity index (χ0) is 12.4. The molecule has 0 aromatic carbocycles. The Kier molecular flexibility index (Phi) is 2.91. The lowest BCUT2D eigenvalue weighted by Crippen LogP contribution is -2.03. The number of carboxylic acids is 1. The van der Waals surface area contributed by atoms with Crippen molar-refractivity contribution in [3.63, 3.8) is 0 Å². The molecule has 0 atom stereocenters. The van der Waals surface area contributed by atoms with Crippen molar-refractivity contribution >= 4 is 24.0 Å². The summed E-state index contributed by atoms with van der Waals surface area (Å²) in [6, 6.07) is 1.51. The lowest BCUT2D eigenvalue weighted by molar-refractivity contribution is -0.131. The van der Waals surface area contributed by atoms with Gasteiger partial charge in [0.05, 0.1) is 17.0 Å². The van der Waals surface area contributed by atoms with Crippen molar-refractivity contribution in [3.05, 3.63) is 29.1 Å². The van der Waals surface area contributed by atoms with Gasteiger partial charge in [-0.2, -0.15) is 0 Å². The average molecular weight is 232 g/mol. The third kappa shape index (κ3) is 2.50. The van der Waals surface area contributed by atoms with E-state index in [-0.39, 0.29) is 5.92 Å². The summed E-state index contributed by atoms with van der Waals surface area (Å²) in [6.07, 6.45) is 5.08. The van der Waals surface area contributed by atoms with E-state index in [1.165, 1.54) is 12.1 Å². The fourth-order valence-electron chi connectivity index (χ4n) is 1.65. The molecule has 0 unspecified atom stereocenters. The van der Waals surface area contributed by atoms with E-state index in [0.717, 1.165) is 18.9 Å². The smallest absolute Gasteiger partial charge is 0.328 e. The summed E-state index contributed by atoms with van der Waals surface area (Å²) in [4.78, 5) is 25.6.